The minimum atomic E-state index is -4.79. The van der Waals surface area contributed by atoms with E-state index in [9.17, 15) is 22.8 Å². The highest BCUT2D eigenvalue weighted by Gasteiger charge is 2.37. The van der Waals surface area contributed by atoms with Gasteiger partial charge in [0.1, 0.15) is 0 Å². The van der Waals surface area contributed by atoms with Crippen molar-refractivity contribution in [3.8, 4) is 0 Å². The first kappa shape index (κ1) is 13.7. The number of nitrogens with two attached hydrogens (primary N) is 1. The van der Waals surface area contributed by atoms with Crippen LogP contribution in [0.25, 0.3) is 0 Å². The predicted molar refractivity (Wildman–Crippen MR) is 63.4 cm³/mol. The van der Waals surface area contributed by atoms with Gasteiger partial charge in [0, 0.05) is 24.3 Å². The molecule has 0 aromatic carbocycles. The molecule has 0 saturated carbocycles. The van der Waals surface area contributed by atoms with Crippen LogP contribution in [0.4, 0.5) is 19.1 Å². The van der Waals surface area contributed by atoms with Crippen LogP contribution in [0, 0.1) is 0 Å². The van der Waals surface area contributed by atoms with E-state index in [1.54, 1.807) is 0 Å². The van der Waals surface area contributed by atoms with E-state index in [0.29, 0.717) is 4.68 Å². The second-order valence-electron chi connectivity index (χ2n) is 4.01. The number of anilines is 1. The molecule has 2 rings (SSSR count). The number of thiol groups is 1. The van der Waals surface area contributed by atoms with Crippen LogP contribution in [0.5, 0.6) is 0 Å². The number of nitrogen functional groups attached to an aromatic ring is 1. The van der Waals surface area contributed by atoms with Crippen LogP contribution >= 0.6 is 12.6 Å². The summed E-state index contributed by atoms with van der Waals surface area (Å²) in [6, 6.07) is 0.280. The SMILES string of the molecule is Nn1c(N2CC(S)CC2=O)nc(C(F)(F)F)cc1=O. The Morgan fingerprint density at radius 3 is 2.53 bits per heavy atom. The zero-order valence-corrected chi connectivity index (χ0v) is 10.3. The van der Waals surface area contributed by atoms with Crippen LogP contribution in [-0.4, -0.2) is 27.4 Å². The van der Waals surface area contributed by atoms with E-state index in [2.05, 4.69) is 17.6 Å². The Balaban J connectivity index is 2.54. The number of alkyl halides is 3. The van der Waals surface area contributed by atoms with E-state index in [0.717, 1.165) is 4.90 Å². The third-order valence-electron chi connectivity index (χ3n) is 2.57. The Labute approximate surface area is 110 Å². The lowest BCUT2D eigenvalue weighted by Crippen LogP contribution is -2.38. The fraction of sp³-hybridized carbons (Fsp3) is 0.444. The molecule has 0 radical (unpaired) electrons. The molecule has 1 aromatic rings. The highest BCUT2D eigenvalue weighted by atomic mass is 32.1. The standard InChI is InChI=1S/C9H9F3N4O2S/c10-9(11,12)5-2-7(18)16(13)8(14-5)15-3-4(19)1-6(15)17/h2,4,19H,1,3,13H2. The number of hydrogen-bond acceptors (Lipinski definition) is 5. The van der Waals surface area contributed by atoms with Gasteiger partial charge in [0.2, 0.25) is 11.9 Å². The number of hydrogen-bond donors (Lipinski definition) is 2. The second-order valence-corrected chi connectivity index (χ2v) is 4.74. The van der Waals surface area contributed by atoms with Crippen molar-refractivity contribution >= 4 is 24.5 Å². The number of amides is 1. The number of aromatic nitrogens is 2. The maximum Gasteiger partial charge on any atom is 0.433 e. The average Bonchev–Trinajstić information content (AvgIpc) is 2.60. The van der Waals surface area contributed by atoms with Gasteiger partial charge in [0.15, 0.2) is 5.69 Å². The quantitative estimate of drug-likeness (QED) is 0.565. The molecule has 0 aliphatic carbocycles. The highest BCUT2D eigenvalue weighted by molar-refractivity contribution is 7.81. The van der Waals surface area contributed by atoms with Crippen LogP contribution in [0.15, 0.2) is 10.9 Å². The molecule has 1 unspecified atom stereocenters. The largest absolute Gasteiger partial charge is 0.433 e. The molecule has 2 heterocycles. The lowest BCUT2D eigenvalue weighted by atomic mass is 10.4. The van der Waals surface area contributed by atoms with Gasteiger partial charge in [-0.25, -0.2) is 4.98 Å². The van der Waals surface area contributed by atoms with E-state index in [1.807, 2.05) is 0 Å². The van der Waals surface area contributed by atoms with Crippen molar-refractivity contribution in [2.45, 2.75) is 17.8 Å². The molecule has 1 atom stereocenters. The van der Waals surface area contributed by atoms with Crippen LogP contribution in [-0.2, 0) is 11.0 Å². The zero-order chi connectivity index (χ0) is 14.4. The van der Waals surface area contributed by atoms with Gasteiger partial charge in [0.25, 0.3) is 5.56 Å². The molecule has 19 heavy (non-hydrogen) atoms. The van der Waals surface area contributed by atoms with E-state index in [4.69, 9.17) is 5.84 Å². The number of halogens is 3. The number of carbonyl (C=O) groups is 1. The summed E-state index contributed by atoms with van der Waals surface area (Å²) >= 11 is 4.06. The summed E-state index contributed by atoms with van der Waals surface area (Å²) in [4.78, 5) is 27.2. The van der Waals surface area contributed by atoms with Crippen molar-refractivity contribution in [3.63, 3.8) is 0 Å². The summed E-state index contributed by atoms with van der Waals surface area (Å²) < 4.78 is 38.1. The number of rotatable bonds is 1. The molecule has 1 aliphatic rings. The topological polar surface area (TPSA) is 81.2 Å². The van der Waals surface area contributed by atoms with E-state index < -0.39 is 29.3 Å². The molecule has 104 valence electrons. The van der Waals surface area contributed by atoms with Crippen molar-refractivity contribution in [3.05, 3.63) is 22.1 Å². The van der Waals surface area contributed by atoms with Crippen LogP contribution in [0.3, 0.4) is 0 Å². The van der Waals surface area contributed by atoms with Gasteiger partial charge in [0.05, 0.1) is 0 Å². The molecule has 6 nitrogen and oxygen atoms in total. The van der Waals surface area contributed by atoms with Gasteiger partial charge in [-0.2, -0.15) is 30.5 Å². The molecule has 1 aromatic heterocycles. The molecule has 0 spiro atoms. The third kappa shape index (κ3) is 2.53. The minimum absolute atomic E-state index is 0.0485. The Morgan fingerprint density at radius 2 is 2.05 bits per heavy atom. The Hall–Kier alpha value is -1.71. The Morgan fingerprint density at radius 1 is 1.42 bits per heavy atom. The molecule has 10 heteroatoms. The van der Waals surface area contributed by atoms with E-state index in [-0.39, 0.29) is 24.3 Å². The molecule has 1 saturated heterocycles. The van der Waals surface area contributed by atoms with Crippen LogP contribution in [0.1, 0.15) is 12.1 Å². The normalized spacial score (nSPS) is 20.1. The summed E-state index contributed by atoms with van der Waals surface area (Å²) in [5, 5.41) is -0.334. The first-order valence-corrected chi connectivity index (χ1v) is 5.66. The van der Waals surface area contributed by atoms with Crippen molar-refractivity contribution < 1.29 is 18.0 Å². The van der Waals surface area contributed by atoms with Crippen LogP contribution in [0.2, 0.25) is 0 Å². The number of nitrogens with zero attached hydrogens (tertiary/aromatic N) is 3. The van der Waals surface area contributed by atoms with Gasteiger partial charge >= 0.3 is 6.18 Å². The molecule has 1 amide bonds. The smallest absolute Gasteiger partial charge is 0.333 e. The maximum absolute atomic E-state index is 12.6. The predicted octanol–water partition coefficient (Wildman–Crippen LogP) is 0.0110. The summed E-state index contributed by atoms with van der Waals surface area (Å²) in [6.07, 6.45) is -4.74. The molecule has 0 bridgehead atoms. The van der Waals surface area contributed by atoms with Gasteiger partial charge < -0.3 is 5.84 Å². The van der Waals surface area contributed by atoms with Gasteiger partial charge in [-0.15, -0.1) is 0 Å². The lowest BCUT2D eigenvalue weighted by Gasteiger charge is -2.18. The van der Waals surface area contributed by atoms with Gasteiger partial charge in [-0.05, 0) is 0 Å². The molecular weight excluding hydrogens is 285 g/mol. The van der Waals surface area contributed by atoms with Crippen molar-refractivity contribution in [2.75, 3.05) is 17.3 Å². The maximum atomic E-state index is 12.6. The van der Waals surface area contributed by atoms with Crippen molar-refractivity contribution in [1.29, 1.82) is 0 Å². The molecule has 1 aliphatic heterocycles. The number of carbonyl (C=O) groups excluding carboxylic acids is 1. The van der Waals surface area contributed by atoms with E-state index >= 15 is 0 Å². The fourth-order valence-corrected chi connectivity index (χ4v) is 2.02. The van der Waals surface area contributed by atoms with Crippen molar-refractivity contribution in [1.82, 2.24) is 9.66 Å². The van der Waals surface area contributed by atoms with E-state index in [1.165, 1.54) is 0 Å². The summed E-state index contributed by atoms with van der Waals surface area (Å²) in [7, 11) is 0. The summed E-state index contributed by atoms with van der Waals surface area (Å²) in [5.74, 6) is 4.33. The molecule has 2 N–H and O–H groups in total. The average molecular weight is 294 g/mol. The van der Waals surface area contributed by atoms with Gasteiger partial charge in [-0.1, -0.05) is 0 Å². The summed E-state index contributed by atoms with van der Waals surface area (Å²) in [6.45, 7) is 0.0485. The lowest BCUT2D eigenvalue weighted by molar-refractivity contribution is -0.141. The first-order valence-electron chi connectivity index (χ1n) is 5.15. The second kappa shape index (κ2) is 4.44. The zero-order valence-electron chi connectivity index (χ0n) is 9.39. The third-order valence-corrected chi connectivity index (χ3v) is 2.92. The summed E-state index contributed by atoms with van der Waals surface area (Å²) in [5.41, 5.74) is -2.47. The van der Waals surface area contributed by atoms with Crippen molar-refractivity contribution in [2.24, 2.45) is 0 Å². The Kier molecular flexibility index (Phi) is 3.20. The highest BCUT2D eigenvalue weighted by Crippen LogP contribution is 2.28. The molecular formula is C9H9F3N4O2S. The van der Waals surface area contributed by atoms with Crippen LogP contribution < -0.4 is 16.3 Å². The first-order chi connectivity index (χ1) is 8.70. The minimum Gasteiger partial charge on any atom is -0.333 e. The monoisotopic (exact) mass is 294 g/mol. The Bertz CT molecular complexity index is 586. The molecule has 1 fully saturated rings. The van der Waals surface area contributed by atoms with Gasteiger partial charge in [-0.3, -0.25) is 14.5 Å². The fourth-order valence-electron chi connectivity index (χ4n) is 1.70.